The second-order valence-corrected chi connectivity index (χ2v) is 9.67. The van der Waals surface area contributed by atoms with Crippen molar-refractivity contribution in [2.75, 3.05) is 24.3 Å². The highest BCUT2D eigenvalue weighted by Gasteiger charge is 2.32. The highest BCUT2D eigenvalue weighted by Crippen LogP contribution is 2.32. The first kappa shape index (κ1) is 22.3. The number of amides is 2. The average molecular weight is 388 g/mol. The van der Waals surface area contributed by atoms with E-state index in [0.717, 1.165) is 29.8 Å². The van der Waals surface area contributed by atoms with E-state index < -0.39 is 5.41 Å². The molecule has 1 aliphatic carbocycles. The van der Waals surface area contributed by atoms with Crippen LogP contribution in [0, 0.1) is 17.3 Å². The number of hydrogen-bond acceptors (Lipinski definition) is 3. The van der Waals surface area contributed by atoms with Gasteiger partial charge in [0, 0.05) is 49.4 Å². The van der Waals surface area contributed by atoms with Gasteiger partial charge in [-0.25, -0.2) is 0 Å². The summed E-state index contributed by atoms with van der Waals surface area (Å²) in [6.07, 6.45) is 1.96. The van der Waals surface area contributed by atoms with Crippen LogP contribution in [0.2, 0.25) is 0 Å². The molecule has 1 atom stereocenters. The summed E-state index contributed by atoms with van der Waals surface area (Å²) in [6.45, 7) is 12.8. The van der Waals surface area contributed by atoms with Gasteiger partial charge in [0.1, 0.15) is 0 Å². The number of rotatable bonds is 7. The smallest absolute Gasteiger partial charge is 0.228 e. The van der Waals surface area contributed by atoms with Gasteiger partial charge in [-0.2, -0.15) is 0 Å². The quantitative estimate of drug-likeness (QED) is 0.748. The summed E-state index contributed by atoms with van der Waals surface area (Å²) in [5.74, 6) is 0.760. The molecule has 0 bridgehead atoms. The van der Waals surface area contributed by atoms with Crippen molar-refractivity contribution in [3.05, 3.63) is 23.8 Å². The van der Waals surface area contributed by atoms with E-state index in [1.165, 1.54) is 0 Å². The maximum absolute atomic E-state index is 13.2. The van der Waals surface area contributed by atoms with E-state index >= 15 is 0 Å². The van der Waals surface area contributed by atoms with E-state index in [2.05, 4.69) is 31.0 Å². The molecule has 1 aliphatic rings. The summed E-state index contributed by atoms with van der Waals surface area (Å²) in [5, 5.41) is 3.03. The molecule has 1 fully saturated rings. The van der Waals surface area contributed by atoms with Crippen molar-refractivity contribution < 1.29 is 9.59 Å². The van der Waals surface area contributed by atoms with E-state index in [4.69, 9.17) is 0 Å². The molecule has 0 aliphatic heterocycles. The molecule has 0 heterocycles. The lowest BCUT2D eigenvalue weighted by Gasteiger charge is -2.37. The summed E-state index contributed by atoms with van der Waals surface area (Å²) < 4.78 is 0. The number of anilines is 2. The van der Waals surface area contributed by atoms with Crippen LogP contribution in [0.3, 0.4) is 0 Å². The van der Waals surface area contributed by atoms with Gasteiger partial charge in [0.25, 0.3) is 0 Å². The third-order valence-electron chi connectivity index (χ3n) is 5.48. The molecule has 0 aromatic heterocycles. The van der Waals surface area contributed by atoms with Crippen LogP contribution in [0.4, 0.5) is 11.4 Å². The fraction of sp³-hybridized carbons (Fsp3) is 0.652. The van der Waals surface area contributed by atoms with Gasteiger partial charge in [0.15, 0.2) is 0 Å². The normalized spacial score (nSPS) is 15.3. The topological polar surface area (TPSA) is 52.7 Å². The molecule has 1 N–H and O–H groups in total. The second-order valence-electron chi connectivity index (χ2n) is 9.67. The number of benzene rings is 1. The van der Waals surface area contributed by atoms with E-state index in [0.29, 0.717) is 12.5 Å². The average Bonchev–Trinajstić information content (AvgIpc) is 3.42. The van der Waals surface area contributed by atoms with E-state index in [1.54, 1.807) is 0 Å². The highest BCUT2D eigenvalue weighted by molar-refractivity contribution is 5.94. The van der Waals surface area contributed by atoms with Crippen LogP contribution in [-0.4, -0.2) is 36.9 Å². The molecular formula is C23H37N3O2. The number of nitrogens with zero attached hydrogens (tertiary/aromatic N) is 2. The van der Waals surface area contributed by atoms with Crippen LogP contribution >= 0.6 is 0 Å². The third-order valence-corrected chi connectivity index (χ3v) is 5.48. The van der Waals surface area contributed by atoms with Crippen LogP contribution in [-0.2, 0) is 16.1 Å². The summed E-state index contributed by atoms with van der Waals surface area (Å²) in [7, 11) is 4.01. The Morgan fingerprint density at radius 2 is 1.75 bits per heavy atom. The zero-order valence-corrected chi connectivity index (χ0v) is 18.8. The molecule has 156 valence electrons. The Kier molecular flexibility index (Phi) is 6.79. The monoisotopic (exact) mass is 387 g/mol. The Morgan fingerprint density at radius 3 is 2.21 bits per heavy atom. The Hall–Kier alpha value is -2.04. The molecule has 0 saturated heterocycles. The van der Waals surface area contributed by atoms with E-state index in [9.17, 15) is 9.59 Å². The molecule has 1 saturated carbocycles. The van der Waals surface area contributed by atoms with E-state index in [-0.39, 0.29) is 23.8 Å². The van der Waals surface area contributed by atoms with Crippen LogP contribution in [0.1, 0.15) is 59.9 Å². The molecule has 28 heavy (non-hydrogen) atoms. The van der Waals surface area contributed by atoms with Crippen molar-refractivity contribution in [1.29, 1.82) is 0 Å². The number of carbonyl (C=O) groups excluding carboxylic acids is 2. The second kappa shape index (κ2) is 8.54. The summed E-state index contributed by atoms with van der Waals surface area (Å²) in [4.78, 5) is 29.4. The fourth-order valence-corrected chi connectivity index (χ4v) is 3.19. The van der Waals surface area contributed by atoms with Crippen molar-refractivity contribution in [3.63, 3.8) is 0 Å². The maximum atomic E-state index is 13.2. The van der Waals surface area contributed by atoms with Gasteiger partial charge in [-0.1, -0.05) is 34.6 Å². The van der Waals surface area contributed by atoms with Crippen LogP contribution in [0.15, 0.2) is 18.2 Å². The molecule has 2 amide bonds. The molecule has 2 rings (SSSR count). The highest BCUT2D eigenvalue weighted by atomic mass is 16.2. The van der Waals surface area contributed by atoms with Gasteiger partial charge >= 0.3 is 0 Å². The zero-order chi connectivity index (χ0) is 21.2. The van der Waals surface area contributed by atoms with Crippen molar-refractivity contribution in [1.82, 2.24) is 4.90 Å². The Labute approximate surface area is 170 Å². The summed E-state index contributed by atoms with van der Waals surface area (Å²) >= 11 is 0. The predicted octanol–water partition coefficient (Wildman–Crippen LogP) is 4.52. The van der Waals surface area contributed by atoms with Gasteiger partial charge in [-0.3, -0.25) is 9.59 Å². The van der Waals surface area contributed by atoms with Crippen molar-refractivity contribution in [2.24, 2.45) is 17.3 Å². The maximum Gasteiger partial charge on any atom is 0.228 e. The molecule has 1 aromatic rings. The molecule has 1 unspecified atom stereocenters. The minimum absolute atomic E-state index is 0.0988. The molecule has 0 spiro atoms. The minimum atomic E-state index is -0.445. The summed E-state index contributed by atoms with van der Waals surface area (Å²) in [5.41, 5.74) is 2.47. The number of nitrogens with one attached hydrogen (secondary N) is 1. The molecule has 5 heteroatoms. The standard InChI is InChI=1S/C23H37N3O2/c1-15(2)16(3)26(22(28)23(4,5)6)14-18-13-19(11-12-20(18)25(7)8)24-21(27)17-9-10-17/h11-13,15-17H,9-10,14H2,1-8H3,(H,24,27). The first-order valence-corrected chi connectivity index (χ1v) is 10.3. The Balaban J connectivity index is 2.36. The fourth-order valence-electron chi connectivity index (χ4n) is 3.19. The lowest BCUT2D eigenvalue weighted by atomic mass is 9.92. The first-order valence-electron chi connectivity index (χ1n) is 10.3. The summed E-state index contributed by atoms with van der Waals surface area (Å²) in [6, 6.07) is 6.11. The largest absolute Gasteiger partial charge is 0.377 e. The van der Waals surface area contributed by atoms with Crippen molar-refractivity contribution in [3.8, 4) is 0 Å². The van der Waals surface area contributed by atoms with Crippen LogP contribution in [0.25, 0.3) is 0 Å². The van der Waals surface area contributed by atoms with Gasteiger partial charge in [0.05, 0.1) is 0 Å². The zero-order valence-electron chi connectivity index (χ0n) is 18.8. The van der Waals surface area contributed by atoms with Crippen LogP contribution in [0.5, 0.6) is 0 Å². The molecule has 0 radical (unpaired) electrons. The van der Waals surface area contributed by atoms with Gasteiger partial charge in [-0.15, -0.1) is 0 Å². The van der Waals surface area contributed by atoms with Gasteiger partial charge in [0.2, 0.25) is 11.8 Å². The Bertz CT molecular complexity index is 715. The van der Waals surface area contributed by atoms with Crippen molar-refractivity contribution in [2.45, 2.75) is 67.0 Å². The number of carbonyl (C=O) groups is 2. The number of hydrogen-bond donors (Lipinski definition) is 1. The van der Waals surface area contributed by atoms with Gasteiger partial charge in [-0.05, 0) is 49.4 Å². The van der Waals surface area contributed by atoms with Gasteiger partial charge < -0.3 is 15.1 Å². The van der Waals surface area contributed by atoms with Crippen LogP contribution < -0.4 is 10.2 Å². The predicted molar refractivity (Wildman–Crippen MR) is 116 cm³/mol. The third kappa shape index (κ3) is 5.49. The Morgan fingerprint density at radius 1 is 1.14 bits per heavy atom. The molecular weight excluding hydrogens is 350 g/mol. The molecule has 5 nitrogen and oxygen atoms in total. The lowest BCUT2D eigenvalue weighted by Crippen LogP contribution is -2.46. The minimum Gasteiger partial charge on any atom is -0.377 e. The molecule has 1 aromatic carbocycles. The van der Waals surface area contributed by atoms with E-state index in [1.807, 2.05) is 58.0 Å². The van der Waals surface area contributed by atoms with Crippen molar-refractivity contribution >= 4 is 23.2 Å². The SMILES string of the molecule is CC(C)C(C)N(Cc1cc(NC(=O)C2CC2)ccc1N(C)C)C(=O)C(C)(C)C. The lowest BCUT2D eigenvalue weighted by molar-refractivity contribution is -0.143. The first-order chi connectivity index (χ1) is 12.9.